The van der Waals surface area contributed by atoms with E-state index in [2.05, 4.69) is 23.7 Å². The van der Waals surface area contributed by atoms with Gasteiger partial charge in [-0.1, -0.05) is 12.1 Å². The number of thiocarbonyl (C=S) groups is 1. The maximum absolute atomic E-state index is 13.7. The monoisotopic (exact) mass is 520 g/mol. The van der Waals surface area contributed by atoms with E-state index in [-0.39, 0.29) is 22.7 Å². The van der Waals surface area contributed by atoms with Crippen LogP contribution >= 0.6 is 12.2 Å². The largest absolute Gasteiger partial charge is 0.508 e. The van der Waals surface area contributed by atoms with Gasteiger partial charge >= 0.3 is 0 Å². The first-order valence-electron chi connectivity index (χ1n) is 10.8. The minimum absolute atomic E-state index is 0.000000000000000222. The molecule has 13 heteroatoms. The second-order valence-electron chi connectivity index (χ2n) is 9.36. The topological polar surface area (TPSA) is 234 Å². The summed E-state index contributed by atoms with van der Waals surface area (Å²) < 4.78 is 0. The predicted octanol–water partition coefficient (Wildman–Crippen LogP) is -1.18. The Kier molecular flexibility index (Phi) is 6.66. The molecule has 1 aromatic rings. The summed E-state index contributed by atoms with van der Waals surface area (Å²) in [5.41, 5.74) is 8.69. The summed E-state index contributed by atoms with van der Waals surface area (Å²) >= 11 is 4.09. The van der Waals surface area contributed by atoms with Crippen LogP contribution in [0.1, 0.15) is 24.5 Å². The van der Waals surface area contributed by atoms with Gasteiger partial charge in [-0.05, 0) is 51.3 Å². The summed E-state index contributed by atoms with van der Waals surface area (Å²) in [6, 6.07) is 3.02. The number of ketones is 2. The van der Waals surface area contributed by atoms with Crippen LogP contribution in [0.15, 0.2) is 35.1 Å². The Morgan fingerprint density at radius 2 is 1.67 bits per heavy atom. The highest BCUT2D eigenvalue weighted by atomic mass is 32.1. The van der Waals surface area contributed by atoms with Crippen LogP contribution in [0.5, 0.6) is 5.75 Å². The molecule has 1 amide bonds. The number of Topliss-reactive ketones (excluding diaryl/α,β-unsaturated/α-hetero) is 2. The molecule has 1 fully saturated rings. The molecule has 4 rings (SSSR count). The van der Waals surface area contributed by atoms with Crippen molar-refractivity contribution in [3.05, 3.63) is 46.2 Å². The summed E-state index contributed by atoms with van der Waals surface area (Å²) in [5.74, 6) is -7.90. The van der Waals surface area contributed by atoms with E-state index >= 15 is 0 Å². The number of nitrogens with zero attached hydrogens (tertiary/aromatic N) is 1. The van der Waals surface area contributed by atoms with E-state index in [1.165, 1.54) is 44.1 Å². The zero-order valence-corrected chi connectivity index (χ0v) is 20.5. The van der Waals surface area contributed by atoms with Crippen LogP contribution in [0.3, 0.4) is 0 Å². The van der Waals surface area contributed by atoms with Crippen LogP contribution in [-0.4, -0.2) is 78.8 Å². The van der Waals surface area contributed by atoms with E-state index in [4.69, 9.17) is 5.73 Å². The number of likely N-dealkylation sites (N-methyl/N-ethyl adjacent to an activating group) is 1. The van der Waals surface area contributed by atoms with Gasteiger partial charge in [0.1, 0.15) is 22.8 Å². The average Bonchev–Trinajstić information content (AvgIpc) is 2.73. The molecule has 3 aliphatic rings. The van der Waals surface area contributed by atoms with Gasteiger partial charge in [-0.2, -0.15) is 0 Å². The maximum atomic E-state index is 13.7. The molecule has 1 aromatic carbocycles. The molecule has 36 heavy (non-hydrogen) atoms. The SMILES string of the molecule is CN(C)[C@@H]1C(=O)C(C(N)=O)=C(O)[C@@]2(O)C(=O)C3=C(O)c4c(O)cccc4[C@@](C)(O)[C@H]3C[C@@H]12.NC(N)=S. The number of benzene rings is 1. The van der Waals surface area contributed by atoms with Crippen molar-refractivity contribution in [2.75, 3.05) is 14.1 Å². The van der Waals surface area contributed by atoms with Crippen molar-refractivity contribution in [1.82, 2.24) is 4.90 Å². The number of fused-ring (bicyclic) bond motifs is 3. The molecule has 1 saturated carbocycles. The van der Waals surface area contributed by atoms with Gasteiger partial charge in [-0.15, -0.1) is 0 Å². The normalized spacial score (nSPS) is 31.2. The van der Waals surface area contributed by atoms with Crippen LogP contribution in [0.2, 0.25) is 0 Å². The van der Waals surface area contributed by atoms with Crippen LogP contribution in [-0.2, 0) is 20.0 Å². The van der Waals surface area contributed by atoms with E-state index in [0.29, 0.717) is 0 Å². The van der Waals surface area contributed by atoms with Gasteiger partial charge in [-0.25, -0.2) is 0 Å². The number of aliphatic hydroxyl groups excluding tert-OH is 2. The van der Waals surface area contributed by atoms with E-state index in [1.807, 2.05) is 0 Å². The fourth-order valence-corrected chi connectivity index (χ4v) is 5.50. The number of carbonyl (C=O) groups is 3. The number of phenolic OH excluding ortho intramolecular Hbond substituents is 1. The van der Waals surface area contributed by atoms with E-state index in [0.717, 1.165) is 0 Å². The molecule has 0 saturated heterocycles. The van der Waals surface area contributed by atoms with E-state index < -0.39 is 75.0 Å². The van der Waals surface area contributed by atoms with Crippen molar-refractivity contribution in [2.24, 2.45) is 29.0 Å². The highest BCUT2D eigenvalue weighted by Gasteiger charge is 2.66. The Balaban J connectivity index is 0.000000840. The first kappa shape index (κ1) is 27.1. The second kappa shape index (κ2) is 8.85. The molecule has 0 spiro atoms. The van der Waals surface area contributed by atoms with Gasteiger partial charge in [0.25, 0.3) is 5.91 Å². The van der Waals surface area contributed by atoms with Crippen molar-refractivity contribution in [3.8, 4) is 5.75 Å². The van der Waals surface area contributed by atoms with Crippen molar-refractivity contribution < 1.29 is 39.9 Å². The van der Waals surface area contributed by atoms with Gasteiger partial charge < -0.3 is 42.7 Å². The summed E-state index contributed by atoms with van der Waals surface area (Å²) in [6.45, 7) is 1.40. The minimum atomic E-state index is -2.75. The van der Waals surface area contributed by atoms with E-state index in [1.54, 1.807) is 0 Å². The number of primary amides is 1. The fourth-order valence-electron chi connectivity index (χ4n) is 5.50. The molecule has 0 unspecified atom stereocenters. The Hall–Kier alpha value is -3.52. The third kappa shape index (κ3) is 3.71. The second-order valence-corrected chi connectivity index (χ2v) is 9.83. The maximum Gasteiger partial charge on any atom is 0.255 e. The van der Waals surface area contributed by atoms with Crippen molar-refractivity contribution in [2.45, 2.75) is 30.6 Å². The van der Waals surface area contributed by atoms with Gasteiger partial charge in [0, 0.05) is 17.4 Å². The lowest BCUT2D eigenvalue weighted by molar-refractivity contribution is -0.159. The Bertz CT molecular complexity index is 1250. The third-order valence-corrected chi connectivity index (χ3v) is 7.02. The molecule has 0 bridgehead atoms. The van der Waals surface area contributed by atoms with Crippen LogP contribution < -0.4 is 17.2 Å². The number of carbonyl (C=O) groups excluding carboxylic acids is 3. The molecule has 12 nitrogen and oxygen atoms in total. The highest BCUT2D eigenvalue weighted by Crippen LogP contribution is 2.57. The minimum Gasteiger partial charge on any atom is -0.508 e. The lowest BCUT2D eigenvalue weighted by atomic mass is 9.54. The predicted molar refractivity (Wildman–Crippen MR) is 131 cm³/mol. The van der Waals surface area contributed by atoms with Crippen molar-refractivity contribution in [1.29, 1.82) is 0 Å². The molecular formula is C23H28N4O8S. The summed E-state index contributed by atoms with van der Waals surface area (Å²) in [6.07, 6.45) is -0.200. The number of amides is 1. The Labute approximate surface area is 211 Å². The quantitative estimate of drug-likeness (QED) is 0.170. The van der Waals surface area contributed by atoms with Crippen molar-refractivity contribution in [3.63, 3.8) is 0 Å². The summed E-state index contributed by atoms with van der Waals surface area (Å²) in [5, 5.41) is 54.9. The van der Waals surface area contributed by atoms with Crippen LogP contribution in [0.25, 0.3) is 5.76 Å². The lowest BCUT2D eigenvalue weighted by Gasteiger charge is -2.53. The number of hydrogen-bond acceptors (Lipinski definition) is 10. The zero-order valence-electron chi connectivity index (χ0n) is 19.7. The molecule has 0 aliphatic heterocycles. The van der Waals surface area contributed by atoms with Gasteiger partial charge in [0.05, 0.1) is 17.2 Å². The average molecular weight is 521 g/mol. The summed E-state index contributed by atoms with van der Waals surface area (Å²) in [4.78, 5) is 40.0. The molecule has 0 aromatic heterocycles. The highest BCUT2D eigenvalue weighted by molar-refractivity contribution is 7.80. The number of hydrogen-bond donors (Lipinski definition) is 8. The number of aromatic hydroxyl groups is 1. The first-order valence-corrected chi connectivity index (χ1v) is 11.2. The van der Waals surface area contributed by atoms with E-state index in [9.17, 15) is 39.9 Å². The standard InChI is InChI=1S/C22H24N2O8.CH4N2S/c1-21(31)8-5-4-6-11(25)12(8)16(26)13-9(21)7-10-15(24(2)3)17(27)14(20(23)30)19(29)22(10,32)18(13)28;2-1(3)4/h4-6,9-10,15,25-26,29,31-32H,7H2,1-3H3,(H2,23,30);(H4,2,3,4)/t9-,10-,15-,21+,22-;/m0./s1. The number of rotatable bonds is 2. The number of phenols is 1. The lowest BCUT2D eigenvalue weighted by Crippen LogP contribution is -2.67. The smallest absolute Gasteiger partial charge is 0.255 e. The fraction of sp³-hybridized carbons (Fsp3) is 0.391. The molecule has 0 radical (unpaired) electrons. The number of nitrogens with two attached hydrogens (primary N) is 3. The molecule has 5 atom stereocenters. The van der Waals surface area contributed by atoms with Gasteiger partial charge in [-0.3, -0.25) is 19.3 Å². The van der Waals surface area contributed by atoms with Crippen molar-refractivity contribution >= 4 is 40.6 Å². The first-order chi connectivity index (χ1) is 16.5. The Morgan fingerprint density at radius 3 is 2.17 bits per heavy atom. The molecule has 194 valence electrons. The molecule has 11 N–H and O–H groups in total. The third-order valence-electron chi connectivity index (χ3n) is 7.02. The molecule has 3 aliphatic carbocycles. The molecular weight excluding hydrogens is 492 g/mol. The van der Waals surface area contributed by atoms with Gasteiger partial charge in [0.2, 0.25) is 5.78 Å². The molecule has 0 heterocycles. The van der Waals surface area contributed by atoms with Gasteiger partial charge in [0.15, 0.2) is 16.5 Å². The van der Waals surface area contributed by atoms with Crippen LogP contribution in [0.4, 0.5) is 0 Å². The zero-order chi connectivity index (χ0) is 27.5. The van der Waals surface area contributed by atoms with Crippen LogP contribution in [0, 0.1) is 11.8 Å². The Morgan fingerprint density at radius 1 is 1.11 bits per heavy atom. The summed E-state index contributed by atoms with van der Waals surface area (Å²) in [7, 11) is 3.01. The number of aliphatic hydroxyl groups is 4.